The first-order chi connectivity index (χ1) is 10.5. The molecule has 2 aromatic rings. The van der Waals surface area contributed by atoms with E-state index < -0.39 is 0 Å². The van der Waals surface area contributed by atoms with Gasteiger partial charge in [0.05, 0.1) is 0 Å². The van der Waals surface area contributed by atoms with Gasteiger partial charge >= 0.3 is 0 Å². The average Bonchev–Trinajstić information content (AvgIpc) is 2.44. The Bertz CT molecular complexity index is 635. The number of rotatable bonds is 6. The molecule has 0 aliphatic rings. The molecule has 0 aliphatic carbocycles. The number of hydrogen-bond donors (Lipinski definition) is 1. The zero-order valence-corrected chi connectivity index (χ0v) is 13.6. The van der Waals surface area contributed by atoms with Crippen molar-refractivity contribution < 1.29 is 9.53 Å². The maximum Gasteiger partial charge on any atom is 0.257 e. The lowest BCUT2D eigenvalue weighted by molar-refractivity contribution is -0.123. The van der Waals surface area contributed by atoms with Crippen LogP contribution in [0.2, 0.25) is 5.02 Å². The summed E-state index contributed by atoms with van der Waals surface area (Å²) in [6.45, 7) is 4.60. The Kier molecular flexibility index (Phi) is 5.84. The second-order valence-corrected chi connectivity index (χ2v) is 5.78. The Hall–Kier alpha value is -2.00. The fraction of sp³-hybridized carbons (Fsp3) is 0.278. The molecular formula is C18H20ClNO2. The van der Waals surface area contributed by atoms with Gasteiger partial charge in [-0.1, -0.05) is 29.8 Å². The highest BCUT2D eigenvalue weighted by Crippen LogP contribution is 2.16. The third-order valence-electron chi connectivity index (χ3n) is 3.19. The first kappa shape index (κ1) is 16.4. The molecule has 2 aromatic carbocycles. The molecule has 0 saturated heterocycles. The molecule has 0 atom stereocenters. The van der Waals surface area contributed by atoms with Crippen LogP contribution >= 0.6 is 11.6 Å². The fourth-order valence-electron chi connectivity index (χ4n) is 2.25. The summed E-state index contributed by atoms with van der Waals surface area (Å²) in [6, 6.07) is 13.5. The molecule has 0 bridgehead atoms. The molecule has 116 valence electrons. The van der Waals surface area contributed by atoms with Gasteiger partial charge in [0, 0.05) is 11.6 Å². The van der Waals surface area contributed by atoms with Crippen molar-refractivity contribution in [3.63, 3.8) is 0 Å². The minimum atomic E-state index is -0.124. The number of benzene rings is 2. The number of ether oxygens (including phenoxy) is 1. The van der Waals surface area contributed by atoms with E-state index in [9.17, 15) is 4.79 Å². The van der Waals surface area contributed by atoms with Crippen molar-refractivity contribution in [1.29, 1.82) is 0 Å². The van der Waals surface area contributed by atoms with Gasteiger partial charge in [-0.25, -0.2) is 0 Å². The predicted molar refractivity (Wildman–Crippen MR) is 89.6 cm³/mol. The minimum absolute atomic E-state index is 0.0262. The number of carbonyl (C=O) groups is 1. The molecule has 1 amide bonds. The molecule has 4 heteroatoms. The summed E-state index contributed by atoms with van der Waals surface area (Å²) in [4.78, 5) is 11.8. The summed E-state index contributed by atoms with van der Waals surface area (Å²) in [7, 11) is 0. The summed E-state index contributed by atoms with van der Waals surface area (Å²) in [5.41, 5.74) is 3.34. The number of amides is 1. The fourth-order valence-corrected chi connectivity index (χ4v) is 2.47. The van der Waals surface area contributed by atoms with Crippen LogP contribution in [-0.2, 0) is 11.2 Å². The minimum Gasteiger partial charge on any atom is -0.484 e. The van der Waals surface area contributed by atoms with Crippen molar-refractivity contribution in [2.45, 2.75) is 20.3 Å². The second kappa shape index (κ2) is 7.85. The molecule has 2 rings (SSSR count). The molecule has 0 aliphatic heterocycles. The van der Waals surface area contributed by atoms with Crippen LogP contribution in [0.15, 0.2) is 42.5 Å². The van der Waals surface area contributed by atoms with Crippen molar-refractivity contribution in [3.05, 3.63) is 64.2 Å². The molecule has 1 N–H and O–H groups in total. The Labute approximate surface area is 136 Å². The Morgan fingerprint density at radius 3 is 2.55 bits per heavy atom. The standard InChI is InChI=1S/C18H20ClNO2/c1-13-8-14(2)10-17(9-13)22-12-18(21)20-7-6-15-4-3-5-16(19)11-15/h3-5,8-11H,6-7,12H2,1-2H3,(H,20,21). The maximum atomic E-state index is 11.8. The zero-order chi connectivity index (χ0) is 15.9. The summed E-state index contributed by atoms with van der Waals surface area (Å²) in [5.74, 6) is 0.601. The third kappa shape index (κ3) is 5.41. The van der Waals surface area contributed by atoms with E-state index in [2.05, 4.69) is 11.4 Å². The van der Waals surface area contributed by atoms with Gasteiger partial charge in [0.25, 0.3) is 5.91 Å². The second-order valence-electron chi connectivity index (χ2n) is 5.34. The average molecular weight is 318 g/mol. The quantitative estimate of drug-likeness (QED) is 0.882. The lowest BCUT2D eigenvalue weighted by atomic mass is 10.1. The van der Waals surface area contributed by atoms with Crippen LogP contribution in [0.3, 0.4) is 0 Å². The molecule has 0 fully saturated rings. The van der Waals surface area contributed by atoms with Gasteiger partial charge in [-0.05, 0) is 61.2 Å². The van der Waals surface area contributed by atoms with E-state index in [4.69, 9.17) is 16.3 Å². The van der Waals surface area contributed by atoms with E-state index in [1.807, 2.05) is 50.2 Å². The van der Waals surface area contributed by atoms with Crippen LogP contribution in [0.1, 0.15) is 16.7 Å². The number of hydrogen-bond acceptors (Lipinski definition) is 2. The van der Waals surface area contributed by atoms with Crippen LogP contribution in [0, 0.1) is 13.8 Å². The van der Waals surface area contributed by atoms with Gasteiger partial charge in [-0.2, -0.15) is 0 Å². The summed E-state index contributed by atoms with van der Waals surface area (Å²) in [5, 5.41) is 3.55. The predicted octanol–water partition coefficient (Wildman–Crippen LogP) is 3.69. The SMILES string of the molecule is Cc1cc(C)cc(OCC(=O)NCCc2cccc(Cl)c2)c1. The molecular weight excluding hydrogens is 298 g/mol. The smallest absolute Gasteiger partial charge is 0.257 e. The highest BCUT2D eigenvalue weighted by molar-refractivity contribution is 6.30. The van der Waals surface area contributed by atoms with Crippen LogP contribution in [0.25, 0.3) is 0 Å². The van der Waals surface area contributed by atoms with Crippen molar-refractivity contribution in [2.24, 2.45) is 0 Å². The number of nitrogens with one attached hydrogen (secondary N) is 1. The summed E-state index contributed by atoms with van der Waals surface area (Å²) >= 11 is 5.92. The lowest BCUT2D eigenvalue weighted by Gasteiger charge is -2.09. The Balaban J connectivity index is 1.74. The normalized spacial score (nSPS) is 10.3. The van der Waals surface area contributed by atoms with Crippen LogP contribution in [0.5, 0.6) is 5.75 Å². The van der Waals surface area contributed by atoms with E-state index in [-0.39, 0.29) is 12.5 Å². The van der Waals surface area contributed by atoms with Crippen molar-refractivity contribution >= 4 is 17.5 Å². The monoisotopic (exact) mass is 317 g/mol. The molecule has 3 nitrogen and oxygen atoms in total. The highest BCUT2D eigenvalue weighted by Gasteiger charge is 2.04. The number of halogens is 1. The molecule has 0 saturated carbocycles. The van der Waals surface area contributed by atoms with Gasteiger partial charge in [0.1, 0.15) is 5.75 Å². The topological polar surface area (TPSA) is 38.3 Å². The van der Waals surface area contributed by atoms with Crippen LogP contribution < -0.4 is 10.1 Å². The first-order valence-corrected chi connectivity index (χ1v) is 7.63. The molecule has 22 heavy (non-hydrogen) atoms. The van der Waals surface area contributed by atoms with Gasteiger partial charge in [0.15, 0.2) is 6.61 Å². The van der Waals surface area contributed by atoms with Gasteiger partial charge in [-0.3, -0.25) is 4.79 Å². The molecule has 0 radical (unpaired) electrons. The molecule has 0 heterocycles. The summed E-state index contributed by atoms with van der Waals surface area (Å²) < 4.78 is 5.52. The van der Waals surface area contributed by atoms with Gasteiger partial charge < -0.3 is 10.1 Å². The third-order valence-corrected chi connectivity index (χ3v) is 3.43. The van der Waals surface area contributed by atoms with E-state index in [0.717, 1.165) is 28.9 Å². The molecule has 0 unspecified atom stereocenters. The van der Waals surface area contributed by atoms with E-state index >= 15 is 0 Å². The zero-order valence-electron chi connectivity index (χ0n) is 12.9. The number of carbonyl (C=O) groups excluding carboxylic acids is 1. The molecule has 0 aromatic heterocycles. The van der Waals surface area contributed by atoms with Crippen molar-refractivity contribution in [2.75, 3.05) is 13.2 Å². The van der Waals surface area contributed by atoms with Gasteiger partial charge in [0.2, 0.25) is 0 Å². The maximum absolute atomic E-state index is 11.8. The Morgan fingerprint density at radius 2 is 1.86 bits per heavy atom. The largest absolute Gasteiger partial charge is 0.484 e. The van der Waals surface area contributed by atoms with E-state index in [0.29, 0.717) is 11.6 Å². The number of aryl methyl sites for hydroxylation is 2. The van der Waals surface area contributed by atoms with Crippen LogP contribution in [0.4, 0.5) is 0 Å². The van der Waals surface area contributed by atoms with Crippen molar-refractivity contribution in [3.8, 4) is 5.75 Å². The van der Waals surface area contributed by atoms with Crippen LogP contribution in [-0.4, -0.2) is 19.1 Å². The van der Waals surface area contributed by atoms with E-state index in [1.54, 1.807) is 0 Å². The lowest BCUT2D eigenvalue weighted by Crippen LogP contribution is -2.30. The molecule has 0 spiro atoms. The first-order valence-electron chi connectivity index (χ1n) is 7.25. The Morgan fingerprint density at radius 1 is 1.14 bits per heavy atom. The van der Waals surface area contributed by atoms with E-state index in [1.165, 1.54) is 0 Å². The highest BCUT2D eigenvalue weighted by atomic mass is 35.5. The van der Waals surface area contributed by atoms with Gasteiger partial charge in [-0.15, -0.1) is 0 Å². The summed E-state index contributed by atoms with van der Waals surface area (Å²) in [6.07, 6.45) is 0.746. The van der Waals surface area contributed by atoms with Crippen molar-refractivity contribution in [1.82, 2.24) is 5.32 Å².